The fourth-order valence-electron chi connectivity index (χ4n) is 6.95. The smallest absolute Gasteiger partial charge is 0.323 e. The average molecular weight is 640 g/mol. The topological polar surface area (TPSA) is 119 Å². The van der Waals surface area contributed by atoms with E-state index in [2.05, 4.69) is 46.1 Å². The molecule has 248 valence electrons. The van der Waals surface area contributed by atoms with Gasteiger partial charge < -0.3 is 30.1 Å². The third-order valence-corrected chi connectivity index (χ3v) is 9.87. The van der Waals surface area contributed by atoms with Crippen molar-refractivity contribution < 1.29 is 14.3 Å². The zero-order valence-electron chi connectivity index (χ0n) is 27.6. The Labute approximate surface area is 276 Å². The number of aromatic nitrogens is 3. The molecule has 1 aliphatic carbocycles. The number of ether oxygens (including phenoxy) is 1. The number of hydrogen-bond acceptors (Lipinski definition) is 9. The highest BCUT2D eigenvalue weighted by Gasteiger charge is 2.33. The molecule has 2 N–H and O–H groups in total. The molecular weight excluding hydrogens is 594 g/mol. The van der Waals surface area contributed by atoms with Crippen molar-refractivity contribution in [1.82, 2.24) is 24.8 Å². The Kier molecular flexibility index (Phi) is 8.96. The summed E-state index contributed by atoms with van der Waals surface area (Å²) in [5, 5.41) is 5.77. The Bertz CT molecular complexity index is 1560. The number of urea groups is 1. The summed E-state index contributed by atoms with van der Waals surface area (Å²) in [6.07, 6.45) is 4.79. The molecule has 12 heteroatoms. The second-order valence-electron chi connectivity index (χ2n) is 13.4. The van der Waals surface area contributed by atoms with Gasteiger partial charge in [-0.25, -0.2) is 4.79 Å². The molecule has 1 aromatic heterocycles. The number of amides is 3. The molecule has 3 saturated heterocycles. The third-order valence-electron chi connectivity index (χ3n) is 9.87. The second kappa shape index (κ2) is 13.4. The maximum atomic E-state index is 13.0. The quantitative estimate of drug-likeness (QED) is 0.379. The first-order chi connectivity index (χ1) is 22.8. The van der Waals surface area contributed by atoms with Crippen LogP contribution in [0.3, 0.4) is 0 Å². The Morgan fingerprint density at radius 1 is 0.723 bits per heavy atom. The molecule has 2 aromatic carbocycles. The van der Waals surface area contributed by atoms with Gasteiger partial charge in [0, 0.05) is 73.4 Å². The molecule has 1 saturated carbocycles. The van der Waals surface area contributed by atoms with Crippen molar-refractivity contribution in [2.45, 2.75) is 70.6 Å². The fourth-order valence-corrected chi connectivity index (χ4v) is 6.95. The fraction of sp³-hybridized carbons (Fsp3) is 0.514. The van der Waals surface area contributed by atoms with Gasteiger partial charge >= 0.3 is 6.03 Å². The van der Waals surface area contributed by atoms with Gasteiger partial charge in [0.05, 0.1) is 19.3 Å². The van der Waals surface area contributed by atoms with E-state index in [1.54, 1.807) is 24.3 Å². The Morgan fingerprint density at radius 2 is 1.34 bits per heavy atom. The SMILES string of the molecule is CC1COCCN1c1nc(-c2ccc(NC(=O)Nc3ccc(C(=O)N4CCN(C5CC5)CC4)cc3)cc2)nc(N2C(C)CCC2C)n1. The van der Waals surface area contributed by atoms with Crippen molar-refractivity contribution >= 4 is 35.2 Å². The highest BCUT2D eigenvalue weighted by atomic mass is 16.5. The third kappa shape index (κ3) is 7.03. The normalized spacial score (nSPS) is 23.6. The Balaban J connectivity index is 0.997. The maximum Gasteiger partial charge on any atom is 0.323 e. The number of morpholine rings is 1. The predicted molar refractivity (Wildman–Crippen MR) is 183 cm³/mol. The van der Waals surface area contributed by atoms with Gasteiger partial charge in [-0.15, -0.1) is 0 Å². The van der Waals surface area contributed by atoms with Crippen LogP contribution in [0.1, 0.15) is 56.8 Å². The molecule has 0 bridgehead atoms. The van der Waals surface area contributed by atoms with Gasteiger partial charge in [0.25, 0.3) is 5.91 Å². The van der Waals surface area contributed by atoms with Crippen LogP contribution in [0.4, 0.5) is 28.1 Å². The summed E-state index contributed by atoms with van der Waals surface area (Å²) in [5.74, 6) is 2.01. The number of piperazine rings is 1. The molecule has 3 unspecified atom stereocenters. The van der Waals surface area contributed by atoms with Gasteiger partial charge in [0.1, 0.15) is 0 Å². The van der Waals surface area contributed by atoms with Crippen LogP contribution in [0, 0.1) is 0 Å². The summed E-state index contributed by atoms with van der Waals surface area (Å²) in [4.78, 5) is 49.5. The first-order valence-corrected chi connectivity index (χ1v) is 17.0. The van der Waals surface area contributed by atoms with Crippen LogP contribution in [-0.2, 0) is 4.74 Å². The monoisotopic (exact) mass is 639 g/mol. The van der Waals surface area contributed by atoms with E-state index in [9.17, 15) is 9.59 Å². The average Bonchev–Trinajstić information content (AvgIpc) is 3.88. The number of nitrogens with zero attached hydrogens (tertiary/aromatic N) is 7. The molecule has 47 heavy (non-hydrogen) atoms. The van der Waals surface area contributed by atoms with Crippen molar-refractivity contribution in [2.75, 3.05) is 66.4 Å². The van der Waals surface area contributed by atoms with Crippen LogP contribution in [-0.4, -0.2) is 107 Å². The number of anilines is 4. The minimum atomic E-state index is -0.365. The predicted octanol–water partition coefficient (Wildman–Crippen LogP) is 4.71. The number of benzene rings is 2. The van der Waals surface area contributed by atoms with Crippen LogP contribution < -0.4 is 20.4 Å². The minimum Gasteiger partial charge on any atom is -0.377 e. The number of hydrogen-bond donors (Lipinski definition) is 2. The van der Waals surface area contributed by atoms with Crippen LogP contribution in [0.2, 0.25) is 0 Å². The molecule has 0 spiro atoms. The van der Waals surface area contributed by atoms with E-state index in [4.69, 9.17) is 19.7 Å². The lowest BCUT2D eigenvalue weighted by molar-refractivity contribution is 0.0627. The molecule has 12 nitrogen and oxygen atoms in total. The standard InChI is InChI=1S/C35H45N9O3/c1-23-4-5-24(2)44(23)34-39-31(38-33(40-34)43-20-21-47-22-25(43)3)26-6-10-28(11-7-26)36-35(46)37-29-12-8-27(9-13-29)32(45)42-18-16-41(17-19-42)30-14-15-30/h6-13,23-25,30H,4-5,14-22H2,1-3H3,(H2,36,37,46). The lowest BCUT2D eigenvalue weighted by Gasteiger charge is -2.34. The molecule has 4 heterocycles. The lowest BCUT2D eigenvalue weighted by Crippen LogP contribution is -2.49. The second-order valence-corrected chi connectivity index (χ2v) is 13.4. The Morgan fingerprint density at radius 3 is 1.96 bits per heavy atom. The zero-order chi connectivity index (χ0) is 32.5. The number of carbonyl (C=O) groups excluding carboxylic acids is 2. The lowest BCUT2D eigenvalue weighted by atomic mass is 10.1. The van der Waals surface area contributed by atoms with Gasteiger partial charge in [0.15, 0.2) is 5.82 Å². The van der Waals surface area contributed by atoms with E-state index in [1.807, 2.05) is 29.2 Å². The van der Waals surface area contributed by atoms with Gasteiger partial charge in [-0.1, -0.05) is 0 Å². The Hall–Kier alpha value is -4.29. The summed E-state index contributed by atoms with van der Waals surface area (Å²) >= 11 is 0. The number of rotatable bonds is 7. The van der Waals surface area contributed by atoms with Crippen LogP contribution >= 0.6 is 0 Å². The van der Waals surface area contributed by atoms with Crippen LogP contribution in [0.25, 0.3) is 11.4 Å². The minimum absolute atomic E-state index is 0.0397. The molecule has 4 fully saturated rings. The summed E-state index contributed by atoms with van der Waals surface area (Å²) in [6.45, 7) is 12.0. The first kappa shape index (κ1) is 31.3. The molecule has 3 aliphatic heterocycles. The molecule has 3 amide bonds. The van der Waals surface area contributed by atoms with E-state index in [-0.39, 0.29) is 18.0 Å². The maximum absolute atomic E-state index is 13.0. The molecule has 7 rings (SSSR count). The van der Waals surface area contributed by atoms with E-state index >= 15 is 0 Å². The number of nitrogens with one attached hydrogen (secondary N) is 2. The van der Waals surface area contributed by atoms with E-state index in [1.165, 1.54) is 12.8 Å². The zero-order valence-corrected chi connectivity index (χ0v) is 27.6. The molecule has 3 atom stereocenters. The number of carbonyl (C=O) groups is 2. The van der Waals surface area contributed by atoms with Crippen molar-refractivity contribution in [3.8, 4) is 11.4 Å². The van der Waals surface area contributed by atoms with Gasteiger partial charge in [-0.3, -0.25) is 9.69 Å². The first-order valence-electron chi connectivity index (χ1n) is 17.0. The summed E-state index contributed by atoms with van der Waals surface area (Å²) < 4.78 is 5.66. The highest BCUT2D eigenvalue weighted by molar-refractivity contribution is 6.00. The highest BCUT2D eigenvalue weighted by Crippen LogP contribution is 2.31. The summed E-state index contributed by atoms with van der Waals surface area (Å²) in [5.41, 5.74) is 2.73. The summed E-state index contributed by atoms with van der Waals surface area (Å²) in [6, 6.07) is 15.9. The largest absolute Gasteiger partial charge is 0.377 e. The van der Waals surface area contributed by atoms with Gasteiger partial charge in [0.2, 0.25) is 11.9 Å². The molecule has 0 radical (unpaired) electrons. The van der Waals surface area contributed by atoms with Crippen molar-refractivity contribution in [1.29, 1.82) is 0 Å². The van der Waals surface area contributed by atoms with Crippen molar-refractivity contribution in [3.05, 3.63) is 54.1 Å². The van der Waals surface area contributed by atoms with Crippen LogP contribution in [0.5, 0.6) is 0 Å². The van der Waals surface area contributed by atoms with Crippen LogP contribution in [0.15, 0.2) is 48.5 Å². The molecule has 3 aromatic rings. The van der Waals surface area contributed by atoms with Gasteiger partial charge in [-0.2, -0.15) is 15.0 Å². The van der Waals surface area contributed by atoms with Crippen molar-refractivity contribution in [3.63, 3.8) is 0 Å². The molecular formula is C35H45N9O3. The molecule has 4 aliphatic rings. The van der Waals surface area contributed by atoms with E-state index in [0.29, 0.717) is 60.0 Å². The summed E-state index contributed by atoms with van der Waals surface area (Å²) in [7, 11) is 0. The van der Waals surface area contributed by atoms with Crippen molar-refractivity contribution in [2.24, 2.45) is 0 Å². The van der Waals surface area contributed by atoms with E-state index in [0.717, 1.165) is 57.2 Å². The van der Waals surface area contributed by atoms with E-state index < -0.39 is 0 Å². The van der Waals surface area contributed by atoms with Gasteiger partial charge in [-0.05, 0) is 95.0 Å².